The van der Waals surface area contributed by atoms with Gasteiger partial charge in [0.05, 0.1) is 17.9 Å². The number of nitrogens with zero attached hydrogens (tertiary/aromatic N) is 1. The number of ether oxygens (including phenoxy) is 1. The first-order chi connectivity index (χ1) is 13.3. The van der Waals surface area contributed by atoms with Gasteiger partial charge in [-0.1, -0.05) is 46.5 Å². The predicted molar refractivity (Wildman–Crippen MR) is 110 cm³/mol. The zero-order valence-corrected chi connectivity index (χ0v) is 17.2. The van der Waals surface area contributed by atoms with Crippen molar-refractivity contribution in [2.75, 3.05) is 6.61 Å². The molecule has 1 aliphatic rings. The Morgan fingerprint density at radius 3 is 2.29 bits per heavy atom. The van der Waals surface area contributed by atoms with E-state index in [1.54, 1.807) is 24.3 Å². The number of benzene rings is 1. The molecule has 0 unspecified atom stereocenters. The van der Waals surface area contributed by atoms with E-state index >= 15 is 0 Å². The van der Waals surface area contributed by atoms with Crippen molar-refractivity contribution >= 4 is 29.4 Å². The van der Waals surface area contributed by atoms with Crippen LogP contribution in [0.25, 0.3) is 0 Å². The molecular weight excluding hydrogens is 354 g/mol. The van der Waals surface area contributed by atoms with E-state index in [1.807, 2.05) is 13.8 Å². The molecule has 2 rings (SSSR count). The van der Waals surface area contributed by atoms with Gasteiger partial charge in [0.1, 0.15) is 17.5 Å². The van der Waals surface area contributed by atoms with Gasteiger partial charge < -0.3 is 4.74 Å². The Balaban J connectivity index is 1.85. The number of hydrogen-bond acceptors (Lipinski definition) is 5. The summed E-state index contributed by atoms with van der Waals surface area (Å²) in [7, 11) is 0. The van der Waals surface area contributed by atoms with E-state index in [0.717, 1.165) is 12.8 Å². The summed E-state index contributed by atoms with van der Waals surface area (Å²) >= 11 is 0. The monoisotopic (exact) mass is 385 g/mol. The number of rotatable bonds is 9. The predicted octanol–water partition coefficient (Wildman–Crippen LogP) is 5.09. The molecule has 0 aliphatic heterocycles. The molecule has 152 valence electrons. The molecule has 1 fully saturated rings. The fourth-order valence-electron chi connectivity index (χ4n) is 3.37. The van der Waals surface area contributed by atoms with Gasteiger partial charge in [-0.25, -0.2) is 4.79 Å². The lowest BCUT2D eigenvalue weighted by Gasteiger charge is -2.30. The highest BCUT2D eigenvalue weighted by molar-refractivity contribution is 6.16. The summed E-state index contributed by atoms with van der Waals surface area (Å²) in [6, 6.07) is 6.69. The standard InChI is InChI=1S/C23H31NO4/c1-4-5-6-7-8-13-28-22(27)17-9-11-18(12-10-17)24-16-19-20(25)14-23(2,3)15-21(19)26/h9-12,16,19H,4-8,13-15H2,1-3H3. The first-order valence-corrected chi connectivity index (χ1v) is 10.2. The molecule has 0 heterocycles. The minimum Gasteiger partial charge on any atom is -0.462 e. The van der Waals surface area contributed by atoms with E-state index in [1.165, 1.54) is 25.5 Å². The third-order valence-corrected chi connectivity index (χ3v) is 4.96. The summed E-state index contributed by atoms with van der Waals surface area (Å²) in [4.78, 5) is 40.7. The summed E-state index contributed by atoms with van der Waals surface area (Å²) in [5.41, 5.74) is 0.803. The number of aliphatic imine (C=N–C) groups is 1. The van der Waals surface area contributed by atoms with Gasteiger partial charge in [0, 0.05) is 19.1 Å². The average Bonchev–Trinajstić information content (AvgIpc) is 2.63. The van der Waals surface area contributed by atoms with Crippen LogP contribution in [-0.4, -0.2) is 30.4 Å². The maximum absolute atomic E-state index is 12.2. The number of carbonyl (C=O) groups is 3. The lowest BCUT2D eigenvalue weighted by atomic mass is 9.72. The van der Waals surface area contributed by atoms with Gasteiger partial charge >= 0.3 is 5.97 Å². The highest BCUT2D eigenvalue weighted by Gasteiger charge is 2.38. The lowest BCUT2D eigenvalue weighted by Crippen LogP contribution is -2.38. The number of Topliss-reactive ketones (excluding diaryl/α,β-unsaturated/α-hetero) is 2. The summed E-state index contributed by atoms with van der Waals surface area (Å²) in [5.74, 6) is -1.26. The van der Waals surface area contributed by atoms with Gasteiger partial charge in [-0.15, -0.1) is 0 Å². The molecule has 0 bridgehead atoms. The Bertz CT molecular complexity index is 699. The quantitative estimate of drug-likeness (QED) is 0.257. The van der Waals surface area contributed by atoms with E-state index in [0.29, 0.717) is 30.7 Å². The molecule has 1 saturated carbocycles. The Hall–Kier alpha value is -2.30. The molecular formula is C23H31NO4. The van der Waals surface area contributed by atoms with Crippen LogP contribution in [-0.2, 0) is 14.3 Å². The van der Waals surface area contributed by atoms with Gasteiger partial charge in [0.25, 0.3) is 0 Å². The number of unbranched alkanes of at least 4 members (excludes halogenated alkanes) is 4. The van der Waals surface area contributed by atoms with Crippen LogP contribution in [0.15, 0.2) is 29.3 Å². The van der Waals surface area contributed by atoms with Gasteiger partial charge in [0.15, 0.2) is 0 Å². The maximum atomic E-state index is 12.2. The summed E-state index contributed by atoms with van der Waals surface area (Å²) < 4.78 is 5.28. The zero-order valence-electron chi connectivity index (χ0n) is 17.2. The van der Waals surface area contributed by atoms with Crippen LogP contribution in [0.2, 0.25) is 0 Å². The van der Waals surface area contributed by atoms with Crippen LogP contribution in [0, 0.1) is 11.3 Å². The summed E-state index contributed by atoms with van der Waals surface area (Å²) in [6.07, 6.45) is 7.74. The molecule has 1 aliphatic carbocycles. The van der Waals surface area contributed by atoms with Crippen LogP contribution in [0.1, 0.15) is 76.1 Å². The molecule has 0 aromatic heterocycles. The van der Waals surface area contributed by atoms with Crippen LogP contribution >= 0.6 is 0 Å². The molecule has 5 heteroatoms. The first kappa shape index (κ1) is 22.0. The SMILES string of the molecule is CCCCCCCOC(=O)c1ccc(N=CC2C(=O)CC(C)(C)CC2=O)cc1. The van der Waals surface area contributed by atoms with Crippen molar-refractivity contribution in [2.45, 2.75) is 65.7 Å². The second kappa shape index (κ2) is 10.3. The van der Waals surface area contributed by atoms with Crippen molar-refractivity contribution in [3.63, 3.8) is 0 Å². The van der Waals surface area contributed by atoms with Crippen molar-refractivity contribution in [1.29, 1.82) is 0 Å². The van der Waals surface area contributed by atoms with Crippen molar-refractivity contribution in [2.24, 2.45) is 16.3 Å². The van der Waals surface area contributed by atoms with Crippen molar-refractivity contribution in [3.05, 3.63) is 29.8 Å². The molecule has 5 nitrogen and oxygen atoms in total. The topological polar surface area (TPSA) is 72.8 Å². The second-order valence-electron chi connectivity index (χ2n) is 8.30. The van der Waals surface area contributed by atoms with Crippen LogP contribution in [0.4, 0.5) is 5.69 Å². The molecule has 1 aromatic rings. The summed E-state index contributed by atoms with van der Waals surface area (Å²) in [5, 5.41) is 0. The third-order valence-electron chi connectivity index (χ3n) is 4.96. The molecule has 0 spiro atoms. The average molecular weight is 386 g/mol. The number of esters is 1. The minimum atomic E-state index is -0.759. The van der Waals surface area contributed by atoms with Crippen LogP contribution in [0.3, 0.4) is 0 Å². The van der Waals surface area contributed by atoms with E-state index in [9.17, 15) is 14.4 Å². The van der Waals surface area contributed by atoms with Crippen LogP contribution in [0.5, 0.6) is 0 Å². The molecule has 28 heavy (non-hydrogen) atoms. The number of ketones is 2. The Morgan fingerprint density at radius 1 is 1.07 bits per heavy atom. The first-order valence-electron chi connectivity index (χ1n) is 10.2. The van der Waals surface area contributed by atoms with Crippen molar-refractivity contribution in [3.8, 4) is 0 Å². The van der Waals surface area contributed by atoms with Crippen LogP contribution < -0.4 is 0 Å². The smallest absolute Gasteiger partial charge is 0.338 e. The summed E-state index contributed by atoms with van der Waals surface area (Å²) in [6.45, 7) is 6.46. The molecule has 0 radical (unpaired) electrons. The zero-order chi connectivity index (χ0) is 20.6. The fraction of sp³-hybridized carbons (Fsp3) is 0.565. The molecule has 0 atom stereocenters. The molecule has 0 N–H and O–H groups in total. The highest BCUT2D eigenvalue weighted by atomic mass is 16.5. The van der Waals surface area contributed by atoms with Gasteiger partial charge in [-0.2, -0.15) is 0 Å². The Kier molecular flexibility index (Phi) is 8.09. The van der Waals surface area contributed by atoms with E-state index in [-0.39, 0.29) is 23.0 Å². The van der Waals surface area contributed by atoms with Gasteiger partial charge in [-0.3, -0.25) is 14.6 Å². The Morgan fingerprint density at radius 2 is 1.68 bits per heavy atom. The van der Waals surface area contributed by atoms with Gasteiger partial charge in [0.2, 0.25) is 0 Å². The van der Waals surface area contributed by atoms with E-state index < -0.39 is 5.92 Å². The fourth-order valence-corrected chi connectivity index (χ4v) is 3.37. The third kappa shape index (κ3) is 6.70. The highest BCUT2D eigenvalue weighted by Crippen LogP contribution is 2.33. The van der Waals surface area contributed by atoms with Crippen molar-refractivity contribution in [1.82, 2.24) is 0 Å². The molecule has 0 amide bonds. The largest absolute Gasteiger partial charge is 0.462 e. The van der Waals surface area contributed by atoms with Crippen molar-refractivity contribution < 1.29 is 19.1 Å². The molecule has 1 aromatic carbocycles. The van der Waals surface area contributed by atoms with E-state index in [2.05, 4.69) is 11.9 Å². The Labute approximate surface area is 167 Å². The normalized spacial score (nSPS) is 17.2. The van der Waals surface area contributed by atoms with Gasteiger partial charge in [-0.05, 0) is 36.1 Å². The second-order valence-corrected chi connectivity index (χ2v) is 8.30. The number of carbonyl (C=O) groups excluding carboxylic acids is 3. The number of hydrogen-bond donors (Lipinski definition) is 0. The molecule has 0 saturated heterocycles. The minimum absolute atomic E-state index is 0.0795. The lowest BCUT2D eigenvalue weighted by molar-refractivity contribution is -0.136. The van der Waals surface area contributed by atoms with E-state index in [4.69, 9.17) is 4.74 Å². The maximum Gasteiger partial charge on any atom is 0.338 e.